The first-order valence-corrected chi connectivity index (χ1v) is 6.24. The fourth-order valence-electron chi connectivity index (χ4n) is 2.40. The Kier molecular flexibility index (Phi) is 3.31. The van der Waals surface area contributed by atoms with E-state index in [9.17, 15) is 0 Å². The maximum Gasteiger partial charge on any atom is 0.0513 e. The number of hydrazine groups is 1. The van der Waals surface area contributed by atoms with Crippen LogP contribution in [0.25, 0.3) is 0 Å². The second-order valence-electron chi connectivity index (χ2n) is 5.25. The van der Waals surface area contributed by atoms with Crippen molar-refractivity contribution in [3.8, 4) is 0 Å². The van der Waals surface area contributed by atoms with Crippen molar-refractivity contribution >= 4 is 0 Å². The third kappa shape index (κ3) is 2.28. The molecule has 88 valence electrons. The van der Waals surface area contributed by atoms with Gasteiger partial charge >= 0.3 is 0 Å². The molecule has 2 nitrogen and oxygen atoms in total. The summed E-state index contributed by atoms with van der Waals surface area (Å²) in [5, 5.41) is 0. The van der Waals surface area contributed by atoms with E-state index < -0.39 is 0 Å². The summed E-state index contributed by atoms with van der Waals surface area (Å²) >= 11 is 0. The maximum atomic E-state index is 5.70. The van der Waals surface area contributed by atoms with Gasteiger partial charge in [0.2, 0.25) is 0 Å². The fourth-order valence-corrected chi connectivity index (χ4v) is 2.40. The number of hydrogen-bond donors (Lipinski definition) is 2. The normalized spacial score (nSPS) is 19.4. The number of benzene rings is 1. The highest BCUT2D eigenvalue weighted by Crippen LogP contribution is 2.54. The Morgan fingerprint density at radius 3 is 2.75 bits per heavy atom. The molecular formula is C14H22N2. The summed E-state index contributed by atoms with van der Waals surface area (Å²) < 4.78 is 0. The summed E-state index contributed by atoms with van der Waals surface area (Å²) in [4.78, 5) is 0. The smallest absolute Gasteiger partial charge is 0.0513 e. The lowest BCUT2D eigenvalue weighted by Gasteiger charge is -2.23. The van der Waals surface area contributed by atoms with Crippen molar-refractivity contribution in [1.29, 1.82) is 0 Å². The second kappa shape index (κ2) is 4.56. The van der Waals surface area contributed by atoms with E-state index in [4.69, 9.17) is 5.84 Å². The molecule has 0 heterocycles. The molecular weight excluding hydrogens is 196 g/mol. The third-order valence-electron chi connectivity index (χ3n) is 3.73. The lowest BCUT2D eigenvalue weighted by molar-refractivity contribution is 0.372. The molecule has 1 fully saturated rings. The average Bonchev–Trinajstić information content (AvgIpc) is 2.99. The van der Waals surface area contributed by atoms with Gasteiger partial charge in [-0.1, -0.05) is 44.5 Å². The van der Waals surface area contributed by atoms with Crippen molar-refractivity contribution in [1.82, 2.24) is 5.43 Å². The van der Waals surface area contributed by atoms with E-state index in [1.165, 1.54) is 30.4 Å². The molecule has 0 spiro atoms. The van der Waals surface area contributed by atoms with Crippen LogP contribution in [-0.4, -0.2) is 0 Å². The van der Waals surface area contributed by atoms with Crippen LogP contribution in [0.4, 0.5) is 0 Å². The molecule has 0 amide bonds. The molecule has 3 N–H and O–H groups in total. The first kappa shape index (κ1) is 11.6. The van der Waals surface area contributed by atoms with Gasteiger partial charge in [0.25, 0.3) is 0 Å². The van der Waals surface area contributed by atoms with Gasteiger partial charge in [-0.05, 0) is 35.8 Å². The van der Waals surface area contributed by atoms with Crippen LogP contribution in [0, 0.1) is 5.41 Å². The van der Waals surface area contributed by atoms with Crippen molar-refractivity contribution in [2.24, 2.45) is 11.3 Å². The zero-order valence-electron chi connectivity index (χ0n) is 10.3. The number of rotatable bonds is 5. The number of nitrogens with two attached hydrogens (primary N) is 1. The van der Waals surface area contributed by atoms with E-state index in [0.717, 1.165) is 6.42 Å². The van der Waals surface area contributed by atoms with Gasteiger partial charge in [0, 0.05) is 0 Å². The van der Waals surface area contributed by atoms with Crippen LogP contribution in [0.2, 0.25) is 0 Å². The molecule has 1 aliphatic rings. The molecule has 2 rings (SSSR count). The monoisotopic (exact) mass is 218 g/mol. The Bertz CT molecular complexity index is 356. The van der Waals surface area contributed by atoms with E-state index >= 15 is 0 Å². The van der Waals surface area contributed by atoms with Crippen LogP contribution < -0.4 is 11.3 Å². The standard InChI is InChI=1S/C14H22N2/c1-3-5-11-6-4-7-12(10-11)13(16-15)14(2)8-9-14/h4,6-7,10,13,16H,3,5,8-9,15H2,1-2H3. The van der Waals surface area contributed by atoms with Crippen molar-refractivity contribution in [3.63, 3.8) is 0 Å². The second-order valence-corrected chi connectivity index (χ2v) is 5.25. The highest BCUT2D eigenvalue weighted by Gasteiger charge is 2.45. The minimum Gasteiger partial charge on any atom is -0.271 e. The Balaban J connectivity index is 2.21. The summed E-state index contributed by atoms with van der Waals surface area (Å²) in [7, 11) is 0. The molecule has 1 aliphatic carbocycles. The van der Waals surface area contributed by atoms with E-state index in [-0.39, 0.29) is 0 Å². The predicted octanol–water partition coefficient (Wildman–Crippen LogP) is 2.94. The van der Waals surface area contributed by atoms with Crippen LogP contribution in [0.1, 0.15) is 50.3 Å². The minimum absolute atomic E-state index is 0.310. The van der Waals surface area contributed by atoms with Crippen molar-refractivity contribution < 1.29 is 0 Å². The molecule has 1 unspecified atom stereocenters. The van der Waals surface area contributed by atoms with Crippen molar-refractivity contribution in [2.45, 2.75) is 45.6 Å². The molecule has 0 radical (unpaired) electrons. The SMILES string of the molecule is CCCc1cccc(C(NN)C2(C)CC2)c1. The Morgan fingerprint density at radius 2 is 2.19 bits per heavy atom. The van der Waals surface area contributed by atoms with Gasteiger partial charge in [0.15, 0.2) is 0 Å². The van der Waals surface area contributed by atoms with Crippen molar-refractivity contribution in [3.05, 3.63) is 35.4 Å². The van der Waals surface area contributed by atoms with Gasteiger partial charge in [0.1, 0.15) is 0 Å². The summed E-state index contributed by atoms with van der Waals surface area (Å²) in [6.45, 7) is 4.53. The quantitative estimate of drug-likeness (QED) is 0.589. The molecule has 1 aromatic rings. The number of hydrogen-bond acceptors (Lipinski definition) is 2. The van der Waals surface area contributed by atoms with Crippen LogP contribution in [0.15, 0.2) is 24.3 Å². The first-order chi connectivity index (χ1) is 7.69. The lowest BCUT2D eigenvalue weighted by Crippen LogP contribution is -2.33. The number of nitrogens with one attached hydrogen (secondary N) is 1. The van der Waals surface area contributed by atoms with Crippen LogP contribution in [0.5, 0.6) is 0 Å². The Labute approximate surface area is 98.2 Å². The highest BCUT2D eigenvalue weighted by atomic mass is 15.2. The molecule has 16 heavy (non-hydrogen) atoms. The van der Waals surface area contributed by atoms with Crippen LogP contribution in [-0.2, 0) is 6.42 Å². The topological polar surface area (TPSA) is 38.0 Å². The average molecular weight is 218 g/mol. The molecule has 0 aliphatic heterocycles. The van der Waals surface area contributed by atoms with Crippen molar-refractivity contribution in [2.75, 3.05) is 0 Å². The van der Waals surface area contributed by atoms with Crippen LogP contribution in [0.3, 0.4) is 0 Å². The van der Waals surface area contributed by atoms with Gasteiger partial charge in [-0.2, -0.15) is 0 Å². The zero-order valence-corrected chi connectivity index (χ0v) is 10.3. The predicted molar refractivity (Wildman–Crippen MR) is 67.8 cm³/mol. The van der Waals surface area contributed by atoms with E-state index in [2.05, 4.69) is 43.5 Å². The molecule has 1 atom stereocenters. The Morgan fingerprint density at radius 1 is 1.44 bits per heavy atom. The summed E-state index contributed by atoms with van der Waals surface area (Å²) in [6, 6.07) is 9.15. The maximum absolute atomic E-state index is 5.70. The van der Waals surface area contributed by atoms with E-state index in [0.29, 0.717) is 11.5 Å². The van der Waals surface area contributed by atoms with Gasteiger partial charge < -0.3 is 0 Å². The van der Waals surface area contributed by atoms with E-state index in [1.807, 2.05) is 0 Å². The largest absolute Gasteiger partial charge is 0.271 e. The summed E-state index contributed by atoms with van der Waals surface area (Å²) in [5.74, 6) is 5.70. The summed E-state index contributed by atoms with van der Waals surface area (Å²) in [6.07, 6.45) is 4.91. The fraction of sp³-hybridized carbons (Fsp3) is 0.571. The molecule has 0 bridgehead atoms. The molecule has 1 aromatic carbocycles. The van der Waals surface area contributed by atoms with E-state index in [1.54, 1.807) is 0 Å². The highest BCUT2D eigenvalue weighted by molar-refractivity contribution is 5.28. The van der Waals surface area contributed by atoms with Gasteiger partial charge in [0.05, 0.1) is 6.04 Å². The number of aryl methyl sites for hydroxylation is 1. The van der Waals surface area contributed by atoms with Crippen LogP contribution >= 0.6 is 0 Å². The third-order valence-corrected chi connectivity index (χ3v) is 3.73. The minimum atomic E-state index is 0.310. The molecule has 1 saturated carbocycles. The van der Waals surface area contributed by atoms with Gasteiger partial charge in [-0.15, -0.1) is 0 Å². The lowest BCUT2D eigenvalue weighted by atomic mass is 9.91. The molecule has 0 aromatic heterocycles. The summed E-state index contributed by atoms with van der Waals surface area (Å²) in [5.41, 5.74) is 6.13. The zero-order chi connectivity index (χ0) is 11.6. The van der Waals surface area contributed by atoms with Gasteiger partial charge in [-0.25, -0.2) is 0 Å². The molecule has 2 heteroatoms. The first-order valence-electron chi connectivity index (χ1n) is 6.24. The Hall–Kier alpha value is -0.860. The molecule has 0 saturated heterocycles. The van der Waals surface area contributed by atoms with Gasteiger partial charge in [-0.3, -0.25) is 11.3 Å².